The number of carbonyl (C=O) groups excluding carboxylic acids is 1. The molecule has 1 amide bonds. The number of carbonyl (C=O) groups is 1. The molecule has 3 heterocycles. The minimum Gasteiger partial charge on any atom is -0.336 e. The van der Waals surface area contributed by atoms with Gasteiger partial charge in [-0.2, -0.15) is 11.3 Å². The number of amides is 1. The Bertz CT molecular complexity index is 577. The quantitative estimate of drug-likeness (QED) is 0.874. The molecule has 1 aliphatic rings. The number of rotatable bonds is 3. The van der Waals surface area contributed by atoms with Crippen LogP contribution in [0.5, 0.6) is 0 Å². The molecule has 1 saturated heterocycles. The lowest BCUT2D eigenvalue weighted by Crippen LogP contribution is -2.49. The van der Waals surface area contributed by atoms with E-state index in [-0.39, 0.29) is 5.91 Å². The molecule has 3 rings (SSSR count). The van der Waals surface area contributed by atoms with Crippen molar-refractivity contribution in [2.45, 2.75) is 13.0 Å². The molecule has 2 aromatic rings. The Morgan fingerprint density at radius 3 is 2.52 bits per heavy atom. The summed E-state index contributed by atoms with van der Waals surface area (Å²) in [4.78, 5) is 20.7. The molecular weight excluding hydrogens is 282 g/mol. The number of pyridine rings is 1. The normalized spacial score (nSPS) is 17.7. The standard InChI is InChI=1S/C16H19N3OS/c1-13(15-4-11-21-12-15)18-7-9-19(10-8-18)16(20)14-2-5-17-6-3-14/h2-6,11-13H,7-10H2,1H3/t13-/m0/s1. The van der Waals surface area contributed by atoms with Crippen LogP contribution >= 0.6 is 11.3 Å². The van der Waals surface area contributed by atoms with Crippen LogP contribution in [0.1, 0.15) is 28.9 Å². The van der Waals surface area contributed by atoms with Gasteiger partial charge in [0, 0.05) is 50.2 Å². The Morgan fingerprint density at radius 1 is 1.19 bits per heavy atom. The maximum Gasteiger partial charge on any atom is 0.254 e. The zero-order valence-electron chi connectivity index (χ0n) is 12.1. The second-order valence-electron chi connectivity index (χ2n) is 5.30. The zero-order chi connectivity index (χ0) is 14.7. The van der Waals surface area contributed by atoms with E-state index in [2.05, 4.69) is 33.6 Å². The van der Waals surface area contributed by atoms with Crippen LogP contribution in [0.3, 0.4) is 0 Å². The van der Waals surface area contributed by atoms with Crippen molar-refractivity contribution in [2.75, 3.05) is 26.2 Å². The molecule has 0 aliphatic carbocycles. The highest BCUT2D eigenvalue weighted by molar-refractivity contribution is 7.07. The maximum atomic E-state index is 12.4. The summed E-state index contributed by atoms with van der Waals surface area (Å²) in [6.07, 6.45) is 3.34. The van der Waals surface area contributed by atoms with E-state index < -0.39 is 0 Å². The van der Waals surface area contributed by atoms with Crippen LogP contribution in [-0.2, 0) is 0 Å². The first-order valence-electron chi connectivity index (χ1n) is 7.21. The number of hydrogen-bond donors (Lipinski definition) is 0. The first-order chi connectivity index (χ1) is 10.3. The van der Waals surface area contributed by atoms with E-state index in [0.29, 0.717) is 6.04 Å². The predicted octanol–water partition coefficient (Wildman–Crippen LogP) is 2.66. The van der Waals surface area contributed by atoms with E-state index in [1.165, 1.54) is 5.56 Å². The van der Waals surface area contributed by atoms with Gasteiger partial charge in [0.1, 0.15) is 0 Å². The van der Waals surface area contributed by atoms with Crippen LogP contribution in [0.2, 0.25) is 0 Å². The lowest BCUT2D eigenvalue weighted by atomic mass is 10.1. The highest BCUT2D eigenvalue weighted by Crippen LogP contribution is 2.23. The van der Waals surface area contributed by atoms with Crippen molar-refractivity contribution in [1.29, 1.82) is 0 Å². The van der Waals surface area contributed by atoms with Gasteiger partial charge in [0.15, 0.2) is 0 Å². The molecule has 4 nitrogen and oxygen atoms in total. The first-order valence-corrected chi connectivity index (χ1v) is 8.15. The van der Waals surface area contributed by atoms with Gasteiger partial charge in [0.2, 0.25) is 0 Å². The Morgan fingerprint density at radius 2 is 1.90 bits per heavy atom. The van der Waals surface area contributed by atoms with Crippen LogP contribution in [0, 0.1) is 0 Å². The van der Waals surface area contributed by atoms with Gasteiger partial charge in [0.05, 0.1) is 0 Å². The Hall–Kier alpha value is -1.72. The molecule has 21 heavy (non-hydrogen) atoms. The molecule has 0 aromatic carbocycles. The lowest BCUT2D eigenvalue weighted by molar-refractivity contribution is 0.0582. The van der Waals surface area contributed by atoms with Crippen LogP contribution in [0.4, 0.5) is 0 Å². The van der Waals surface area contributed by atoms with E-state index in [0.717, 1.165) is 31.7 Å². The van der Waals surface area contributed by atoms with E-state index in [1.54, 1.807) is 35.9 Å². The summed E-state index contributed by atoms with van der Waals surface area (Å²) in [7, 11) is 0. The van der Waals surface area contributed by atoms with Crippen molar-refractivity contribution in [3.05, 3.63) is 52.5 Å². The number of hydrogen-bond acceptors (Lipinski definition) is 4. The minimum absolute atomic E-state index is 0.111. The van der Waals surface area contributed by atoms with Crippen molar-refractivity contribution in [3.63, 3.8) is 0 Å². The monoisotopic (exact) mass is 301 g/mol. The van der Waals surface area contributed by atoms with Gasteiger partial charge >= 0.3 is 0 Å². The highest BCUT2D eigenvalue weighted by Gasteiger charge is 2.25. The summed E-state index contributed by atoms with van der Waals surface area (Å²) in [6, 6.07) is 6.17. The lowest BCUT2D eigenvalue weighted by Gasteiger charge is -2.38. The molecule has 0 unspecified atom stereocenters. The van der Waals surface area contributed by atoms with Gasteiger partial charge in [0.25, 0.3) is 5.91 Å². The van der Waals surface area contributed by atoms with Gasteiger partial charge < -0.3 is 4.90 Å². The number of piperazine rings is 1. The van der Waals surface area contributed by atoms with Gasteiger partial charge in [-0.1, -0.05) is 0 Å². The summed E-state index contributed by atoms with van der Waals surface area (Å²) in [5.41, 5.74) is 2.10. The van der Waals surface area contributed by atoms with Gasteiger partial charge in [-0.05, 0) is 41.4 Å². The molecule has 0 radical (unpaired) electrons. The molecule has 0 bridgehead atoms. The third-order valence-electron chi connectivity index (χ3n) is 4.10. The number of nitrogens with zero attached hydrogens (tertiary/aromatic N) is 3. The smallest absolute Gasteiger partial charge is 0.254 e. The van der Waals surface area contributed by atoms with E-state index >= 15 is 0 Å². The largest absolute Gasteiger partial charge is 0.336 e. The van der Waals surface area contributed by atoms with Crippen LogP contribution in [-0.4, -0.2) is 46.9 Å². The molecule has 0 saturated carbocycles. The molecule has 1 fully saturated rings. The fourth-order valence-corrected chi connectivity index (χ4v) is 3.46. The average Bonchev–Trinajstić information content (AvgIpc) is 3.09. The highest BCUT2D eigenvalue weighted by atomic mass is 32.1. The van der Waals surface area contributed by atoms with E-state index in [4.69, 9.17) is 0 Å². The summed E-state index contributed by atoms with van der Waals surface area (Å²) in [5.74, 6) is 0.111. The summed E-state index contributed by atoms with van der Waals surface area (Å²) < 4.78 is 0. The molecule has 1 atom stereocenters. The van der Waals surface area contributed by atoms with Crippen LogP contribution in [0.25, 0.3) is 0 Å². The Kier molecular flexibility index (Phi) is 4.31. The molecule has 0 spiro atoms. The third kappa shape index (κ3) is 3.14. The molecule has 2 aromatic heterocycles. The topological polar surface area (TPSA) is 36.4 Å². The predicted molar refractivity (Wildman–Crippen MR) is 84.4 cm³/mol. The van der Waals surface area contributed by atoms with Crippen molar-refractivity contribution < 1.29 is 4.79 Å². The summed E-state index contributed by atoms with van der Waals surface area (Å²) in [6.45, 7) is 5.66. The van der Waals surface area contributed by atoms with Gasteiger partial charge in [-0.15, -0.1) is 0 Å². The van der Waals surface area contributed by atoms with Crippen molar-refractivity contribution in [3.8, 4) is 0 Å². The van der Waals surface area contributed by atoms with Crippen LogP contribution < -0.4 is 0 Å². The molecule has 5 heteroatoms. The van der Waals surface area contributed by atoms with Crippen molar-refractivity contribution in [2.24, 2.45) is 0 Å². The SMILES string of the molecule is C[C@@H](c1ccsc1)N1CCN(C(=O)c2ccncc2)CC1. The number of aromatic nitrogens is 1. The van der Waals surface area contributed by atoms with Crippen molar-refractivity contribution >= 4 is 17.2 Å². The third-order valence-corrected chi connectivity index (χ3v) is 4.80. The average molecular weight is 301 g/mol. The molecule has 0 N–H and O–H groups in total. The summed E-state index contributed by atoms with van der Waals surface area (Å²) in [5, 5.41) is 4.33. The second-order valence-corrected chi connectivity index (χ2v) is 6.08. The molecule has 110 valence electrons. The Labute approximate surface area is 129 Å². The Balaban J connectivity index is 1.59. The van der Waals surface area contributed by atoms with Gasteiger partial charge in [-0.25, -0.2) is 0 Å². The maximum absolute atomic E-state index is 12.4. The van der Waals surface area contributed by atoms with Crippen LogP contribution in [0.15, 0.2) is 41.4 Å². The fraction of sp³-hybridized carbons (Fsp3) is 0.375. The van der Waals surface area contributed by atoms with E-state index in [9.17, 15) is 4.79 Å². The van der Waals surface area contributed by atoms with Gasteiger partial charge in [-0.3, -0.25) is 14.7 Å². The van der Waals surface area contributed by atoms with E-state index in [1.807, 2.05) is 4.90 Å². The zero-order valence-corrected chi connectivity index (χ0v) is 12.9. The summed E-state index contributed by atoms with van der Waals surface area (Å²) >= 11 is 1.74. The van der Waals surface area contributed by atoms with Crippen molar-refractivity contribution in [1.82, 2.24) is 14.8 Å². The minimum atomic E-state index is 0.111. The number of thiophene rings is 1. The fourth-order valence-electron chi connectivity index (χ4n) is 2.71. The second kappa shape index (κ2) is 6.37. The molecular formula is C16H19N3OS. The first kappa shape index (κ1) is 14.2. The molecule has 1 aliphatic heterocycles.